The molecule has 0 saturated heterocycles. The van der Waals surface area contributed by atoms with Gasteiger partial charge >= 0.3 is 5.97 Å². The van der Waals surface area contributed by atoms with Gasteiger partial charge < -0.3 is 10.8 Å². The first-order valence-electron chi connectivity index (χ1n) is 4.70. The average Bonchev–Trinajstić information content (AvgIpc) is 1.96. The zero-order valence-corrected chi connectivity index (χ0v) is 8.55. The Balaban J connectivity index is 0.00000144. The highest BCUT2D eigenvalue weighted by atomic mass is 35.5. The molecule has 3 N–H and O–H groups in total. The number of carboxylic acids is 1. The fourth-order valence-electron chi connectivity index (χ4n) is 1.82. The van der Waals surface area contributed by atoms with Crippen molar-refractivity contribution in [2.75, 3.05) is 0 Å². The van der Waals surface area contributed by atoms with Crippen LogP contribution in [0.4, 0.5) is 0 Å². The van der Waals surface area contributed by atoms with Gasteiger partial charge in [0.05, 0.1) is 5.92 Å². The van der Waals surface area contributed by atoms with Crippen LogP contribution in [-0.2, 0) is 4.79 Å². The third-order valence-electron chi connectivity index (χ3n) is 2.64. The normalized spacial score (nSPS) is 29.6. The van der Waals surface area contributed by atoms with Crippen LogP contribution in [0.25, 0.3) is 0 Å². The van der Waals surface area contributed by atoms with Gasteiger partial charge in [0.2, 0.25) is 0 Å². The molecular weight excluding hydrogens is 190 g/mol. The Morgan fingerprint density at radius 3 is 2.23 bits per heavy atom. The van der Waals surface area contributed by atoms with Crippen molar-refractivity contribution in [3.05, 3.63) is 0 Å². The van der Waals surface area contributed by atoms with Gasteiger partial charge in [-0.15, -0.1) is 12.4 Å². The Labute approximate surface area is 85.1 Å². The van der Waals surface area contributed by atoms with E-state index in [1.165, 1.54) is 6.42 Å². The lowest BCUT2D eigenvalue weighted by Gasteiger charge is -2.22. The minimum atomic E-state index is -0.718. The predicted molar refractivity (Wildman–Crippen MR) is 54.1 cm³/mol. The quantitative estimate of drug-likeness (QED) is 0.689. The number of aliphatic carboxylic acids is 1. The molecule has 0 bridgehead atoms. The zero-order valence-electron chi connectivity index (χ0n) is 7.74. The molecule has 1 rings (SSSR count). The molecule has 1 aliphatic rings. The summed E-state index contributed by atoms with van der Waals surface area (Å²) in [6.07, 6.45) is 6.11. The Morgan fingerprint density at radius 1 is 1.15 bits per heavy atom. The number of hydrogen-bond acceptors (Lipinski definition) is 2. The van der Waals surface area contributed by atoms with E-state index in [4.69, 9.17) is 10.8 Å². The van der Waals surface area contributed by atoms with E-state index < -0.39 is 5.97 Å². The molecular formula is C9H18ClNO2. The van der Waals surface area contributed by atoms with Crippen molar-refractivity contribution >= 4 is 18.4 Å². The Kier molecular flexibility index (Phi) is 6.08. The van der Waals surface area contributed by atoms with E-state index in [0.29, 0.717) is 0 Å². The summed E-state index contributed by atoms with van der Waals surface area (Å²) in [5, 5.41) is 8.85. The van der Waals surface area contributed by atoms with Crippen LogP contribution < -0.4 is 5.73 Å². The highest BCUT2D eigenvalue weighted by Crippen LogP contribution is 2.21. The predicted octanol–water partition coefficient (Wildman–Crippen LogP) is 1.79. The first kappa shape index (κ1) is 12.7. The smallest absolute Gasteiger partial charge is 0.308 e. The molecule has 0 aromatic carbocycles. The van der Waals surface area contributed by atoms with Crippen LogP contribution in [0.2, 0.25) is 0 Å². The van der Waals surface area contributed by atoms with Gasteiger partial charge in [0.1, 0.15) is 0 Å². The van der Waals surface area contributed by atoms with Gasteiger partial charge in [0, 0.05) is 6.04 Å². The minimum Gasteiger partial charge on any atom is -0.481 e. The standard InChI is InChI=1S/C9H17NO2.ClH/c10-8-6-4-2-1-3-5-7(8)9(11)12;/h7-8H,1-6,10H2,(H,11,12);1H/t7-,8+;/m0./s1. The van der Waals surface area contributed by atoms with E-state index in [0.717, 1.165) is 32.1 Å². The van der Waals surface area contributed by atoms with Crippen LogP contribution in [0.15, 0.2) is 0 Å². The first-order chi connectivity index (χ1) is 5.72. The number of carbonyl (C=O) groups is 1. The molecule has 2 atom stereocenters. The van der Waals surface area contributed by atoms with Crippen LogP contribution in [0, 0.1) is 5.92 Å². The van der Waals surface area contributed by atoms with E-state index in [1.807, 2.05) is 0 Å². The van der Waals surface area contributed by atoms with E-state index in [-0.39, 0.29) is 24.4 Å². The van der Waals surface area contributed by atoms with Gasteiger partial charge in [0.25, 0.3) is 0 Å². The van der Waals surface area contributed by atoms with Gasteiger partial charge in [-0.3, -0.25) is 4.79 Å². The molecule has 0 spiro atoms. The molecule has 0 radical (unpaired) electrons. The molecule has 1 aliphatic carbocycles. The number of rotatable bonds is 1. The lowest BCUT2D eigenvalue weighted by atomic mass is 9.87. The third kappa shape index (κ3) is 3.96. The summed E-state index contributed by atoms with van der Waals surface area (Å²) in [4.78, 5) is 10.7. The van der Waals surface area contributed by atoms with E-state index in [2.05, 4.69) is 0 Å². The summed E-state index contributed by atoms with van der Waals surface area (Å²) in [6.45, 7) is 0. The molecule has 0 amide bonds. The molecule has 13 heavy (non-hydrogen) atoms. The third-order valence-corrected chi connectivity index (χ3v) is 2.64. The number of carboxylic acid groups (broad SMARTS) is 1. The van der Waals surface area contributed by atoms with E-state index in [9.17, 15) is 4.79 Å². The second-order valence-corrected chi connectivity index (χ2v) is 3.60. The molecule has 1 fully saturated rings. The van der Waals surface area contributed by atoms with Gasteiger partial charge in [-0.1, -0.05) is 25.7 Å². The largest absolute Gasteiger partial charge is 0.481 e. The fraction of sp³-hybridized carbons (Fsp3) is 0.889. The van der Waals surface area contributed by atoms with Gasteiger partial charge in [-0.25, -0.2) is 0 Å². The summed E-state index contributed by atoms with van der Waals surface area (Å²) in [6, 6.07) is -0.122. The number of nitrogens with two attached hydrogens (primary N) is 1. The fourth-order valence-corrected chi connectivity index (χ4v) is 1.82. The maximum Gasteiger partial charge on any atom is 0.308 e. The first-order valence-corrected chi connectivity index (χ1v) is 4.70. The highest BCUT2D eigenvalue weighted by molar-refractivity contribution is 5.85. The lowest BCUT2D eigenvalue weighted by Crippen LogP contribution is -2.36. The molecule has 4 heteroatoms. The molecule has 0 heterocycles. The molecule has 3 nitrogen and oxygen atoms in total. The average molecular weight is 208 g/mol. The Bertz CT molecular complexity index is 164. The summed E-state index contributed by atoms with van der Waals surface area (Å²) in [7, 11) is 0. The topological polar surface area (TPSA) is 63.3 Å². The van der Waals surface area contributed by atoms with Crippen LogP contribution >= 0.6 is 12.4 Å². The molecule has 0 aromatic rings. The molecule has 0 aromatic heterocycles. The van der Waals surface area contributed by atoms with Crippen LogP contribution in [0.5, 0.6) is 0 Å². The monoisotopic (exact) mass is 207 g/mol. The number of hydrogen-bond donors (Lipinski definition) is 2. The maximum absolute atomic E-state index is 10.7. The molecule has 78 valence electrons. The summed E-state index contributed by atoms with van der Waals surface area (Å²) < 4.78 is 0. The molecule has 0 aliphatic heterocycles. The molecule has 0 unspecified atom stereocenters. The minimum absolute atomic E-state index is 0. The van der Waals surface area contributed by atoms with Crippen molar-refractivity contribution in [3.63, 3.8) is 0 Å². The van der Waals surface area contributed by atoms with E-state index >= 15 is 0 Å². The van der Waals surface area contributed by atoms with Crippen LogP contribution in [-0.4, -0.2) is 17.1 Å². The van der Waals surface area contributed by atoms with Crippen LogP contribution in [0.3, 0.4) is 0 Å². The van der Waals surface area contributed by atoms with Crippen molar-refractivity contribution in [2.45, 2.75) is 44.6 Å². The second-order valence-electron chi connectivity index (χ2n) is 3.60. The van der Waals surface area contributed by atoms with Crippen molar-refractivity contribution in [3.8, 4) is 0 Å². The summed E-state index contributed by atoms with van der Waals surface area (Å²) in [5.74, 6) is -1.02. The molecule has 1 saturated carbocycles. The number of halogens is 1. The van der Waals surface area contributed by atoms with Gasteiger partial charge in [0.15, 0.2) is 0 Å². The van der Waals surface area contributed by atoms with Crippen molar-refractivity contribution < 1.29 is 9.90 Å². The van der Waals surface area contributed by atoms with E-state index in [1.54, 1.807) is 0 Å². The lowest BCUT2D eigenvalue weighted by molar-refractivity contribution is -0.142. The summed E-state index contributed by atoms with van der Waals surface area (Å²) in [5.41, 5.74) is 5.77. The SMILES string of the molecule is Cl.N[C@@H]1CCCCCC[C@@H]1C(=O)O. The second kappa shape index (κ2) is 6.22. The Morgan fingerprint density at radius 2 is 1.69 bits per heavy atom. The van der Waals surface area contributed by atoms with Crippen molar-refractivity contribution in [2.24, 2.45) is 11.7 Å². The maximum atomic E-state index is 10.7. The Hall–Kier alpha value is -0.280. The van der Waals surface area contributed by atoms with Gasteiger partial charge in [-0.05, 0) is 12.8 Å². The van der Waals surface area contributed by atoms with Crippen LogP contribution in [0.1, 0.15) is 38.5 Å². The van der Waals surface area contributed by atoms with Gasteiger partial charge in [-0.2, -0.15) is 0 Å². The zero-order chi connectivity index (χ0) is 8.97. The van der Waals surface area contributed by atoms with Crippen molar-refractivity contribution in [1.82, 2.24) is 0 Å². The highest BCUT2D eigenvalue weighted by Gasteiger charge is 2.25. The van der Waals surface area contributed by atoms with Crippen molar-refractivity contribution in [1.29, 1.82) is 0 Å². The summed E-state index contributed by atoms with van der Waals surface area (Å²) >= 11 is 0.